The lowest BCUT2D eigenvalue weighted by molar-refractivity contribution is 0.332. The maximum Gasteiger partial charge on any atom is 0.0604 e. The van der Waals surface area contributed by atoms with Crippen LogP contribution >= 0.6 is 0 Å². The summed E-state index contributed by atoms with van der Waals surface area (Å²) in [7, 11) is 0. The van der Waals surface area contributed by atoms with E-state index in [1.807, 2.05) is 0 Å². The molecular formula is C19H20N2. The number of H-pyrrole nitrogens is 1. The fourth-order valence-corrected chi connectivity index (χ4v) is 3.54. The van der Waals surface area contributed by atoms with Crippen LogP contribution in [0, 0.1) is 0 Å². The largest absolute Gasteiger partial charge is 0.358 e. The van der Waals surface area contributed by atoms with Gasteiger partial charge in [-0.15, -0.1) is 0 Å². The minimum absolute atomic E-state index is 0.0917. The first-order valence-electron chi connectivity index (χ1n) is 7.56. The second kappa shape index (κ2) is 4.47. The van der Waals surface area contributed by atoms with Gasteiger partial charge in [0.2, 0.25) is 0 Å². The summed E-state index contributed by atoms with van der Waals surface area (Å²) in [5.74, 6) is 0. The molecule has 1 aliphatic rings. The van der Waals surface area contributed by atoms with Gasteiger partial charge in [0.05, 0.1) is 6.04 Å². The van der Waals surface area contributed by atoms with E-state index >= 15 is 0 Å². The highest BCUT2D eigenvalue weighted by molar-refractivity contribution is 5.86. The molecule has 4 rings (SSSR count). The van der Waals surface area contributed by atoms with Crippen LogP contribution in [-0.4, -0.2) is 10.5 Å². The van der Waals surface area contributed by atoms with Gasteiger partial charge in [0.25, 0.3) is 0 Å². The van der Waals surface area contributed by atoms with Crippen LogP contribution < -0.4 is 5.32 Å². The average Bonchev–Trinajstić information content (AvgIpc) is 2.83. The van der Waals surface area contributed by atoms with Crippen LogP contribution in [0.2, 0.25) is 0 Å². The van der Waals surface area contributed by atoms with Crippen molar-refractivity contribution in [2.24, 2.45) is 0 Å². The average molecular weight is 276 g/mol. The Labute approximate surface area is 125 Å². The van der Waals surface area contributed by atoms with Crippen LogP contribution in [0.25, 0.3) is 10.9 Å². The first kappa shape index (κ1) is 12.7. The van der Waals surface area contributed by atoms with E-state index in [9.17, 15) is 0 Å². The predicted octanol–water partition coefficient (Wildman–Crippen LogP) is 4.18. The Kier molecular flexibility index (Phi) is 2.69. The van der Waals surface area contributed by atoms with Gasteiger partial charge >= 0.3 is 0 Å². The molecule has 0 amide bonds. The highest BCUT2D eigenvalue weighted by Crippen LogP contribution is 2.38. The molecule has 0 saturated carbocycles. The summed E-state index contributed by atoms with van der Waals surface area (Å²) in [6, 6.07) is 19.6. The molecule has 0 bridgehead atoms. The third kappa shape index (κ3) is 2.07. The van der Waals surface area contributed by atoms with Crippen LogP contribution in [0.1, 0.15) is 36.7 Å². The van der Waals surface area contributed by atoms with Crippen molar-refractivity contribution in [2.75, 3.05) is 0 Å². The molecule has 2 nitrogen and oxygen atoms in total. The minimum Gasteiger partial charge on any atom is -0.358 e. The van der Waals surface area contributed by atoms with Crippen LogP contribution in [0.15, 0.2) is 54.6 Å². The molecule has 1 atom stereocenters. The number of fused-ring (bicyclic) bond motifs is 3. The van der Waals surface area contributed by atoms with Gasteiger partial charge in [-0.05, 0) is 25.5 Å². The summed E-state index contributed by atoms with van der Waals surface area (Å²) >= 11 is 0. The number of benzene rings is 2. The van der Waals surface area contributed by atoms with Gasteiger partial charge in [0, 0.05) is 34.1 Å². The molecule has 0 aliphatic carbocycles. The van der Waals surface area contributed by atoms with Crippen molar-refractivity contribution in [3.8, 4) is 0 Å². The molecule has 1 unspecified atom stereocenters. The van der Waals surface area contributed by atoms with E-state index in [4.69, 9.17) is 0 Å². The third-order valence-corrected chi connectivity index (χ3v) is 4.40. The fourth-order valence-electron chi connectivity index (χ4n) is 3.54. The quantitative estimate of drug-likeness (QED) is 0.685. The Morgan fingerprint density at radius 1 is 0.952 bits per heavy atom. The van der Waals surface area contributed by atoms with Gasteiger partial charge in [0.1, 0.15) is 0 Å². The molecule has 1 aliphatic heterocycles. The Bertz CT molecular complexity index is 784. The van der Waals surface area contributed by atoms with Crippen LogP contribution in [0.4, 0.5) is 0 Å². The maximum atomic E-state index is 3.82. The van der Waals surface area contributed by atoms with Crippen LogP contribution in [-0.2, 0) is 6.42 Å². The van der Waals surface area contributed by atoms with Gasteiger partial charge in [-0.1, -0.05) is 48.5 Å². The van der Waals surface area contributed by atoms with E-state index in [-0.39, 0.29) is 11.6 Å². The zero-order valence-corrected chi connectivity index (χ0v) is 12.5. The molecule has 0 spiro atoms. The normalized spacial score (nSPS) is 20.4. The molecule has 2 heterocycles. The molecule has 3 aromatic rings. The number of aromatic amines is 1. The van der Waals surface area contributed by atoms with Crippen molar-refractivity contribution in [1.82, 2.24) is 10.3 Å². The Balaban J connectivity index is 1.97. The fraction of sp³-hybridized carbons (Fsp3) is 0.263. The van der Waals surface area contributed by atoms with Gasteiger partial charge < -0.3 is 10.3 Å². The molecule has 2 aromatic carbocycles. The van der Waals surface area contributed by atoms with Crippen molar-refractivity contribution >= 4 is 10.9 Å². The maximum absolute atomic E-state index is 3.82. The summed E-state index contributed by atoms with van der Waals surface area (Å²) in [5, 5.41) is 5.16. The van der Waals surface area contributed by atoms with Crippen LogP contribution in [0.3, 0.4) is 0 Å². The SMILES string of the molecule is CC1(C)Cc2[nH]c3ccccc3c2C(c2ccccc2)N1. The van der Waals surface area contributed by atoms with Gasteiger partial charge in [-0.25, -0.2) is 0 Å². The van der Waals surface area contributed by atoms with Crippen molar-refractivity contribution in [1.29, 1.82) is 0 Å². The van der Waals surface area contributed by atoms with E-state index in [0.717, 1.165) is 6.42 Å². The van der Waals surface area contributed by atoms with Gasteiger partial charge in [0.15, 0.2) is 0 Å². The third-order valence-electron chi connectivity index (χ3n) is 4.40. The van der Waals surface area contributed by atoms with E-state index < -0.39 is 0 Å². The van der Waals surface area contributed by atoms with Crippen molar-refractivity contribution in [3.05, 3.63) is 71.4 Å². The molecule has 0 radical (unpaired) electrons. The molecule has 2 heteroatoms. The van der Waals surface area contributed by atoms with Gasteiger partial charge in [-0.2, -0.15) is 0 Å². The zero-order valence-electron chi connectivity index (χ0n) is 12.5. The summed E-state index contributed by atoms with van der Waals surface area (Å²) in [4.78, 5) is 3.63. The first-order chi connectivity index (χ1) is 10.1. The smallest absolute Gasteiger partial charge is 0.0604 e. The van der Waals surface area contributed by atoms with E-state index in [1.54, 1.807) is 0 Å². The molecule has 2 N–H and O–H groups in total. The topological polar surface area (TPSA) is 27.8 Å². The molecule has 0 fully saturated rings. The zero-order chi connectivity index (χ0) is 14.4. The van der Waals surface area contributed by atoms with E-state index in [1.165, 1.54) is 27.7 Å². The Hall–Kier alpha value is -2.06. The standard InChI is InChI=1S/C19H20N2/c1-19(2)12-16-17(14-10-6-7-11-15(14)20-16)18(21-19)13-8-4-3-5-9-13/h3-11,18,20-21H,12H2,1-2H3. The second-order valence-corrected chi connectivity index (χ2v) is 6.61. The monoisotopic (exact) mass is 276 g/mol. The number of para-hydroxylation sites is 1. The molecule has 21 heavy (non-hydrogen) atoms. The molecule has 106 valence electrons. The highest BCUT2D eigenvalue weighted by Gasteiger charge is 2.34. The number of nitrogens with one attached hydrogen (secondary N) is 2. The highest BCUT2D eigenvalue weighted by atomic mass is 15.0. The number of hydrogen-bond donors (Lipinski definition) is 2. The van der Waals surface area contributed by atoms with Crippen molar-refractivity contribution in [3.63, 3.8) is 0 Å². The second-order valence-electron chi connectivity index (χ2n) is 6.61. The van der Waals surface area contributed by atoms with Crippen molar-refractivity contribution < 1.29 is 0 Å². The van der Waals surface area contributed by atoms with E-state index in [0.29, 0.717) is 0 Å². The Morgan fingerprint density at radius 2 is 1.67 bits per heavy atom. The number of hydrogen-bond acceptors (Lipinski definition) is 1. The lowest BCUT2D eigenvalue weighted by atomic mass is 9.84. The molecular weight excluding hydrogens is 256 g/mol. The lowest BCUT2D eigenvalue weighted by Gasteiger charge is -2.37. The minimum atomic E-state index is 0.0917. The number of aromatic nitrogens is 1. The first-order valence-corrected chi connectivity index (χ1v) is 7.56. The Morgan fingerprint density at radius 3 is 2.48 bits per heavy atom. The lowest BCUT2D eigenvalue weighted by Crippen LogP contribution is -2.47. The summed E-state index contributed by atoms with van der Waals surface area (Å²) < 4.78 is 0. The predicted molar refractivity (Wildman–Crippen MR) is 87.5 cm³/mol. The summed E-state index contributed by atoms with van der Waals surface area (Å²) in [6.07, 6.45) is 1.03. The van der Waals surface area contributed by atoms with Gasteiger partial charge in [-0.3, -0.25) is 0 Å². The van der Waals surface area contributed by atoms with Crippen LogP contribution in [0.5, 0.6) is 0 Å². The van der Waals surface area contributed by atoms with E-state index in [2.05, 4.69) is 78.7 Å². The molecule has 0 saturated heterocycles. The molecule has 1 aromatic heterocycles. The van der Waals surface area contributed by atoms with Crippen molar-refractivity contribution in [2.45, 2.75) is 31.8 Å². The number of rotatable bonds is 1. The summed E-state index contributed by atoms with van der Waals surface area (Å²) in [5.41, 5.74) is 5.44. The summed E-state index contributed by atoms with van der Waals surface area (Å²) in [6.45, 7) is 4.55.